The maximum absolute atomic E-state index is 12.0. The van der Waals surface area contributed by atoms with E-state index in [9.17, 15) is 4.79 Å². The van der Waals surface area contributed by atoms with Crippen molar-refractivity contribution in [3.8, 4) is 5.75 Å². The molecule has 0 fully saturated rings. The highest BCUT2D eigenvalue weighted by Gasteiger charge is 2.10. The summed E-state index contributed by atoms with van der Waals surface area (Å²) in [4.78, 5) is 13.6. The molecule has 0 aromatic heterocycles. The Kier molecular flexibility index (Phi) is 7.61. The van der Waals surface area contributed by atoms with E-state index in [1.807, 2.05) is 31.2 Å². The highest BCUT2D eigenvalue weighted by molar-refractivity contribution is 5.73. The largest absolute Gasteiger partial charge is 0.497 e. The lowest BCUT2D eigenvalue weighted by atomic mass is 10.2. The van der Waals surface area contributed by atoms with Gasteiger partial charge in [0.2, 0.25) is 0 Å². The van der Waals surface area contributed by atoms with Crippen LogP contribution in [-0.4, -0.2) is 44.3 Å². The van der Waals surface area contributed by atoms with Crippen molar-refractivity contribution in [1.82, 2.24) is 10.2 Å². The van der Waals surface area contributed by atoms with Gasteiger partial charge < -0.3 is 19.7 Å². The molecule has 21 heavy (non-hydrogen) atoms. The molecule has 0 aliphatic heterocycles. The van der Waals surface area contributed by atoms with Crippen molar-refractivity contribution < 1.29 is 14.3 Å². The van der Waals surface area contributed by atoms with E-state index in [2.05, 4.69) is 12.2 Å². The Hall–Kier alpha value is -1.75. The summed E-state index contributed by atoms with van der Waals surface area (Å²) >= 11 is 0. The van der Waals surface area contributed by atoms with Gasteiger partial charge in [-0.05, 0) is 31.0 Å². The second kappa shape index (κ2) is 9.23. The molecule has 1 N–H and O–H groups in total. The summed E-state index contributed by atoms with van der Waals surface area (Å²) in [5.41, 5.74) is 1.06. The average molecular weight is 294 g/mol. The zero-order chi connectivity index (χ0) is 15.7. The third kappa shape index (κ3) is 6.49. The third-order valence-electron chi connectivity index (χ3n) is 3.07. The standard InChI is InChI=1S/C16H26N2O3/c1-5-10-21-13(2)11-17-16(19)18(3)12-14-6-8-15(20-4)9-7-14/h6-9,13H,5,10-12H2,1-4H3,(H,17,19)/t13-/m1/s1. The lowest BCUT2D eigenvalue weighted by molar-refractivity contribution is 0.0668. The Labute approximate surface area is 127 Å². The normalized spacial score (nSPS) is 11.8. The molecule has 5 heteroatoms. The molecule has 0 aliphatic rings. The summed E-state index contributed by atoms with van der Waals surface area (Å²) in [6, 6.07) is 7.59. The van der Waals surface area contributed by atoms with Gasteiger partial charge in [0.25, 0.3) is 0 Å². The first-order chi connectivity index (χ1) is 10.1. The maximum atomic E-state index is 12.0. The van der Waals surface area contributed by atoms with Crippen LogP contribution in [0.3, 0.4) is 0 Å². The molecule has 1 aromatic rings. The number of hydrogen-bond donors (Lipinski definition) is 1. The van der Waals surface area contributed by atoms with Gasteiger partial charge in [-0.25, -0.2) is 4.79 Å². The second-order valence-electron chi connectivity index (χ2n) is 5.07. The number of hydrogen-bond acceptors (Lipinski definition) is 3. The first-order valence-electron chi connectivity index (χ1n) is 7.30. The summed E-state index contributed by atoms with van der Waals surface area (Å²) in [5, 5.41) is 2.87. The van der Waals surface area contributed by atoms with Crippen molar-refractivity contribution in [2.45, 2.75) is 32.9 Å². The molecule has 0 radical (unpaired) electrons. The number of methoxy groups -OCH3 is 1. The average Bonchev–Trinajstić information content (AvgIpc) is 2.51. The number of urea groups is 1. The Morgan fingerprint density at radius 1 is 1.33 bits per heavy atom. The first kappa shape index (κ1) is 17.3. The molecule has 0 saturated carbocycles. The number of benzene rings is 1. The molecule has 0 aliphatic carbocycles. The fourth-order valence-corrected chi connectivity index (χ4v) is 1.82. The van der Waals surface area contributed by atoms with Gasteiger partial charge >= 0.3 is 6.03 Å². The van der Waals surface area contributed by atoms with Gasteiger partial charge in [-0.3, -0.25) is 0 Å². The van der Waals surface area contributed by atoms with Gasteiger partial charge in [0.15, 0.2) is 0 Å². The zero-order valence-electron chi connectivity index (χ0n) is 13.4. The zero-order valence-corrected chi connectivity index (χ0v) is 13.4. The lowest BCUT2D eigenvalue weighted by Gasteiger charge is -2.20. The summed E-state index contributed by atoms with van der Waals surface area (Å²) in [6.07, 6.45) is 1.01. The van der Waals surface area contributed by atoms with Crippen molar-refractivity contribution in [2.24, 2.45) is 0 Å². The van der Waals surface area contributed by atoms with Gasteiger partial charge in [0, 0.05) is 26.7 Å². The van der Waals surface area contributed by atoms with Gasteiger partial charge in [0.1, 0.15) is 5.75 Å². The second-order valence-corrected chi connectivity index (χ2v) is 5.07. The molecule has 0 heterocycles. The fourth-order valence-electron chi connectivity index (χ4n) is 1.82. The van der Waals surface area contributed by atoms with Crippen LogP contribution in [0.4, 0.5) is 4.79 Å². The van der Waals surface area contributed by atoms with Crippen LogP contribution in [0.1, 0.15) is 25.8 Å². The Balaban J connectivity index is 2.36. The van der Waals surface area contributed by atoms with E-state index in [0.717, 1.165) is 24.3 Å². The predicted molar refractivity (Wildman–Crippen MR) is 83.6 cm³/mol. The molecule has 2 amide bonds. The van der Waals surface area contributed by atoms with E-state index >= 15 is 0 Å². The van der Waals surface area contributed by atoms with Crippen LogP contribution in [0.2, 0.25) is 0 Å². The fraction of sp³-hybridized carbons (Fsp3) is 0.562. The van der Waals surface area contributed by atoms with E-state index in [1.165, 1.54) is 0 Å². The third-order valence-corrected chi connectivity index (χ3v) is 3.07. The van der Waals surface area contributed by atoms with Crippen molar-refractivity contribution >= 4 is 6.03 Å². The maximum Gasteiger partial charge on any atom is 0.317 e. The SMILES string of the molecule is CCCO[C@H](C)CNC(=O)N(C)Cc1ccc(OC)cc1. The number of nitrogens with one attached hydrogen (secondary N) is 1. The molecule has 1 rings (SSSR count). The minimum absolute atomic E-state index is 0.0308. The highest BCUT2D eigenvalue weighted by atomic mass is 16.5. The smallest absolute Gasteiger partial charge is 0.317 e. The van der Waals surface area contributed by atoms with Crippen LogP contribution in [0.25, 0.3) is 0 Å². The van der Waals surface area contributed by atoms with Crippen LogP contribution >= 0.6 is 0 Å². The van der Waals surface area contributed by atoms with E-state index in [0.29, 0.717) is 13.1 Å². The number of carbonyl (C=O) groups excluding carboxylic acids is 1. The molecular formula is C16H26N2O3. The van der Waals surface area contributed by atoms with Gasteiger partial charge in [-0.1, -0.05) is 19.1 Å². The van der Waals surface area contributed by atoms with Crippen LogP contribution in [0.5, 0.6) is 5.75 Å². The lowest BCUT2D eigenvalue weighted by Crippen LogP contribution is -2.40. The molecule has 0 bridgehead atoms. The summed E-state index contributed by atoms with van der Waals surface area (Å²) in [6.45, 7) is 5.82. The molecule has 1 aromatic carbocycles. The van der Waals surface area contributed by atoms with Crippen LogP contribution < -0.4 is 10.1 Å². The molecule has 118 valence electrons. The topological polar surface area (TPSA) is 50.8 Å². The summed E-state index contributed by atoms with van der Waals surface area (Å²) in [7, 11) is 3.41. The van der Waals surface area contributed by atoms with Crippen LogP contribution in [0.15, 0.2) is 24.3 Å². The first-order valence-corrected chi connectivity index (χ1v) is 7.30. The summed E-state index contributed by atoms with van der Waals surface area (Å²) in [5.74, 6) is 0.813. The predicted octanol–water partition coefficient (Wildman–Crippen LogP) is 2.65. The van der Waals surface area contributed by atoms with Crippen LogP contribution in [0, 0.1) is 0 Å². The molecular weight excluding hydrogens is 268 g/mol. The van der Waals surface area contributed by atoms with E-state index in [1.54, 1.807) is 19.1 Å². The highest BCUT2D eigenvalue weighted by Crippen LogP contribution is 2.12. The summed E-state index contributed by atoms with van der Waals surface area (Å²) < 4.78 is 10.6. The number of rotatable bonds is 8. The number of nitrogens with zero attached hydrogens (tertiary/aromatic N) is 1. The molecule has 0 spiro atoms. The van der Waals surface area contributed by atoms with Gasteiger partial charge in [-0.15, -0.1) is 0 Å². The Morgan fingerprint density at radius 3 is 2.57 bits per heavy atom. The van der Waals surface area contributed by atoms with E-state index in [-0.39, 0.29) is 12.1 Å². The van der Waals surface area contributed by atoms with Crippen LogP contribution in [-0.2, 0) is 11.3 Å². The minimum Gasteiger partial charge on any atom is -0.497 e. The van der Waals surface area contributed by atoms with Gasteiger partial charge in [-0.2, -0.15) is 0 Å². The Bertz CT molecular complexity index is 420. The minimum atomic E-state index is -0.0993. The molecule has 0 saturated heterocycles. The van der Waals surface area contributed by atoms with E-state index in [4.69, 9.17) is 9.47 Å². The monoisotopic (exact) mass is 294 g/mol. The number of ether oxygens (including phenoxy) is 2. The molecule has 0 unspecified atom stereocenters. The van der Waals surface area contributed by atoms with Crippen molar-refractivity contribution in [2.75, 3.05) is 27.3 Å². The van der Waals surface area contributed by atoms with Crippen molar-refractivity contribution in [1.29, 1.82) is 0 Å². The number of carbonyl (C=O) groups is 1. The molecule has 5 nitrogen and oxygen atoms in total. The molecule has 1 atom stereocenters. The Morgan fingerprint density at radius 2 is 2.00 bits per heavy atom. The van der Waals surface area contributed by atoms with Gasteiger partial charge in [0.05, 0.1) is 13.2 Å². The van der Waals surface area contributed by atoms with Crippen molar-refractivity contribution in [3.63, 3.8) is 0 Å². The quantitative estimate of drug-likeness (QED) is 0.802. The van der Waals surface area contributed by atoms with Crippen molar-refractivity contribution in [3.05, 3.63) is 29.8 Å². The number of amides is 2. The van der Waals surface area contributed by atoms with E-state index < -0.39 is 0 Å².